The fourth-order valence-electron chi connectivity index (χ4n) is 4.13. The summed E-state index contributed by atoms with van der Waals surface area (Å²) in [7, 11) is 0. The van der Waals surface area contributed by atoms with Crippen molar-refractivity contribution in [2.45, 2.75) is 52.6 Å². The molecule has 0 radical (unpaired) electrons. The van der Waals surface area contributed by atoms with Crippen molar-refractivity contribution in [3.8, 4) is 0 Å². The van der Waals surface area contributed by atoms with E-state index < -0.39 is 0 Å². The summed E-state index contributed by atoms with van der Waals surface area (Å²) in [6.45, 7) is 8.58. The third-order valence-electron chi connectivity index (χ3n) is 5.28. The van der Waals surface area contributed by atoms with Crippen molar-refractivity contribution in [1.82, 2.24) is 14.7 Å². The van der Waals surface area contributed by atoms with Gasteiger partial charge >= 0.3 is 0 Å². The van der Waals surface area contributed by atoms with Crippen LogP contribution in [0.2, 0.25) is 0 Å². The van der Waals surface area contributed by atoms with E-state index in [0.29, 0.717) is 6.54 Å². The number of hydrogen-bond acceptors (Lipinski definition) is 3. The van der Waals surface area contributed by atoms with Crippen LogP contribution >= 0.6 is 0 Å². The number of hydrogen-bond donors (Lipinski definition) is 1. The summed E-state index contributed by atoms with van der Waals surface area (Å²) in [5, 5.41) is 13.7. The van der Waals surface area contributed by atoms with Crippen molar-refractivity contribution < 1.29 is 5.11 Å². The van der Waals surface area contributed by atoms with Gasteiger partial charge in [-0.25, -0.2) is 0 Å². The SMILES string of the molecule is Cc1nn(CCO)c(C)c1CN1CC2CCCCC2C1. The van der Waals surface area contributed by atoms with Crippen molar-refractivity contribution in [2.75, 3.05) is 19.7 Å². The Bertz CT molecular complexity index is 455. The first-order chi connectivity index (χ1) is 9.69. The monoisotopic (exact) mass is 277 g/mol. The van der Waals surface area contributed by atoms with Crippen LogP contribution in [0.3, 0.4) is 0 Å². The second-order valence-corrected chi connectivity index (χ2v) is 6.59. The molecule has 0 aromatic carbocycles. The highest BCUT2D eigenvalue weighted by Crippen LogP contribution is 2.36. The predicted molar refractivity (Wildman–Crippen MR) is 79.5 cm³/mol. The van der Waals surface area contributed by atoms with Gasteiger partial charge in [-0.1, -0.05) is 12.8 Å². The van der Waals surface area contributed by atoms with Gasteiger partial charge in [-0.15, -0.1) is 0 Å². The van der Waals surface area contributed by atoms with Gasteiger partial charge in [0.15, 0.2) is 0 Å². The lowest BCUT2D eigenvalue weighted by atomic mass is 9.82. The van der Waals surface area contributed by atoms with Crippen LogP contribution in [0.4, 0.5) is 0 Å². The van der Waals surface area contributed by atoms with Crippen molar-refractivity contribution >= 4 is 0 Å². The maximum Gasteiger partial charge on any atom is 0.0644 e. The lowest BCUT2D eigenvalue weighted by molar-refractivity contribution is 0.267. The van der Waals surface area contributed by atoms with E-state index in [-0.39, 0.29) is 6.61 Å². The summed E-state index contributed by atoms with van der Waals surface area (Å²) in [6, 6.07) is 0. The van der Waals surface area contributed by atoms with Crippen LogP contribution < -0.4 is 0 Å². The fraction of sp³-hybridized carbons (Fsp3) is 0.812. The normalized spacial score (nSPS) is 26.9. The number of aliphatic hydroxyl groups is 1. The van der Waals surface area contributed by atoms with Gasteiger partial charge in [0.2, 0.25) is 0 Å². The molecule has 3 rings (SSSR count). The van der Waals surface area contributed by atoms with Crippen LogP contribution in [0.15, 0.2) is 0 Å². The zero-order valence-corrected chi connectivity index (χ0v) is 12.8. The Balaban J connectivity index is 1.69. The molecular weight excluding hydrogens is 250 g/mol. The fourth-order valence-corrected chi connectivity index (χ4v) is 4.13. The zero-order chi connectivity index (χ0) is 14.1. The molecule has 1 aliphatic carbocycles. The van der Waals surface area contributed by atoms with E-state index >= 15 is 0 Å². The van der Waals surface area contributed by atoms with Crippen LogP contribution in [-0.2, 0) is 13.1 Å². The summed E-state index contributed by atoms with van der Waals surface area (Å²) in [6.07, 6.45) is 5.73. The highest BCUT2D eigenvalue weighted by Gasteiger charge is 2.34. The summed E-state index contributed by atoms with van der Waals surface area (Å²) < 4.78 is 1.95. The third kappa shape index (κ3) is 2.63. The van der Waals surface area contributed by atoms with Crippen molar-refractivity contribution in [2.24, 2.45) is 11.8 Å². The average Bonchev–Trinajstić information content (AvgIpc) is 2.95. The van der Waals surface area contributed by atoms with Gasteiger partial charge in [0, 0.05) is 30.9 Å². The first kappa shape index (κ1) is 14.1. The zero-order valence-electron chi connectivity index (χ0n) is 12.8. The average molecular weight is 277 g/mol. The summed E-state index contributed by atoms with van der Waals surface area (Å²) >= 11 is 0. The number of rotatable bonds is 4. The Morgan fingerprint density at radius 2 is 1.80 bits per heavy atom. The van der Waals surface area contributed by atoms with Gasteiger partial charge in [-0.05, 0) is 38.5 Å². The molecule has 1 aliphatic heterocycles. The Morgan fingerprint density at radius 1 is 1.15 bits per heavy atom. The molecule has 2 atom stereocenters. The molecule has 112 valence electrons. The highest BCUT2D eigenvalue weighted by atomic mass is 16.3. The molecule has 1 aromatic heterocycles. The molecule has 1 N–H and O–H groups in total. The van der Waals surface area contributed by atoms with E-state index in [1.54, 1.807) is 0 Å². The number of aryl methyl sites for hydroxylation is 1. The number of nitrogens with zero attached hydrogens (tertiary/aromatic N) is 3. The highest BCUT2D eigenvalue weighted by molar-refractivity contribution is 5.24. The van der Waals surface area contributed by atoms with Crippen molar-refractivity contribution in [3.05, 3.63) is 17.0 Å². The van der Waals surface area contributed by atoms with Crippen molar-refractivity contribution in [1.29, 1.82) is 0 Å². The molecule has 1 saturated carbocycles. The molecule has 2 aliphatic rings. The largest absolute Gasteiger partial charge is 0.394 e. The molecule has 2 unspecified atom stereocenters. The number of likely N-dealkylation sites (tertiary alicyclic amines) is 1. The Morgan fingerprint density at radius 3 is 2.40 bits per heavy atom. The minimum absolute atomic E-state index is 0.162. The van der Waals surface area contributed by atoms with E-state index in [0.717, 1.165) is 24.1 Å². The lowest BCUT2D eigenvalue weighted by Crippen LogP contribution is -2.21. The second-order valence-electron chi connectivity index (χ2n) is 6.59. The summed E-state index contributed by atoms with van der Waals surface area (Å²) in [4.78, 5) is 2.63. The Labute approximate surface area is 121 Å². The van der Waals surface area contributed by atoms with Gasteiger partial charge in [0.1, 0.15) is 0 Å². The lowest BCUT2D eigenvalue weighted by Gasteiger charge is -2.23. The van der Waals surface area contributed by atoms with Crippen LogP contribution in [0.5, 0.6) is 0 Å². The minimum Gasteiger partial charge on any atom is -0.394 e. The molecule has 1 aromatic rings. The van der Waals surface area contributed by atoms with Gasteiger partial charge in [-0.2, -0.15) is 5.10 Å². The smallest absolute Gasteiger partial charge is 0.0644 e. The first-order valence-corrected chi connectivity index (χ1v) is 8.05. The second kappa shape index (κ2) is 5.86. The molecule has 2 fully saturated rings. The number of aromatic nitrogens is 2. The maximum atomic E-state index is 9.10. The van der Waals surface area contributed by atoms with E-state index in [1.807, 2.05) is 4.68 Å². The molecular formula is C16H27N3O. The van der Waals surface area contributed by atoms with Gasteiger partial charge < -0.3 is 5.11 Å². The van der Waals surface area contributed by atoms with E-state index in [1.165, 1.54) is 50.0 Å². The van der Waals surface area contributed by atoms with Gasteiger partial charge in [-0.3, -0.25) is 9.58 Å². The van der Waals surface area contributed by atoms with E-state index in [2.05, 4.69) is 23.8 Å². The molecule has 20 heavy (non-hydrogen) atoms. The van der Waals surface area contributed by atoms with E-state index in [9.17, 15) is 0 Å². The molecule has 4 nitrogen and oxygen atoms in total. The minimum atomic E-state index is 0.162. The van der Waals surface area contributed by atoms with Crippen LogP contribution in [-0.4, -0.2) is 39.5 Å². The van der Waals surface area contributed by atoms with E-state index in [4.69, 9.17) is 5.11 Å². The molecule has 1 saturated heterocycles. The topological polar surface area (TPSA) is 41.3 Å². The molecule has 0 amide bonds. The number of fused-ring (bicyclic) bond motifs is 1. The predicted octanol–water partition coefficient (Wildman–Crippen LogP) is 2.11. The maximum absolute atomic E-state index is 9.10. The molecule has 0 spiro atoms. The quantitative estimate of drug-likeness (QED) is 0.916. The first-order valence-electron chi connectivity index (χ1n) is 8.05. The van der Waals surface area contributed by atoms with Gasteiger partial charge in [0.05, 0.1) is 18.8 Å². The Hall–Kier alpha value is -0.870. The van der Waals surface area contributed by atoms with Crippen LogP contribution in [0.25, 0.3) is 0 Å². The molecule has 4 heteroatoms. The summed E-state index contributed by atoms with van der Waals surface area (Å²) in [5.74, 6) is 1.88. The molecule has 2 heterocycles. The van der Waals surface area contributed by atoms with Crippen LogP contribution in [0, 0.1) is 25.7 Å². The van der Waals surface area contributed by atoms with Crippen molar-refractivity contribution in [3.63, 3.8) is 0 Å². The summed E-state index contributed by atoms with van der Waals surface area (Å²) in [5.41, 5.74) is 3.73. The standard InChI is InChI=1S/C16H27N3O/c1-12-16(13(2)19(17-12)7-8-20)11-18-9-14-5-3-4-6-15(14)10-18/h14-15,20H,3-11H2,1-2H3. The number of aliphatic hydroxyl groups excluding tert-OH is 1. The molecule has 0 bridgehead atoms. The van der Waals surface area contributed by atoms with Crippen LogP contribution in [0.1, 0.15) is 42.6 Å². The van der Waals surface area contributed by atoms with Gasteiger partial charge in [0.25, 0.3) is 0 Å². The third-order valence-corrected chi connectivity index (χ3v) is 5.28. The Kier molecular flexibility index (Phi) is 4.13.